The third kappa shape index (κ3) is 6.97. The number of rotatable bonds is 9. The number of nitrogens with one attached hydrogen (secondary N) is 2. The minimum Gasteiger partial charge on any atom is -0.481 e. The Kier molecular flexibility index (Phi) is 8.15. The van der Waals surface area contributed by atoms with E-state index in [-0.39, 0.29) is 18.9 Å². The molecule has 0 bridgehead atoms. The normalized spacial score (nSPS) is 13.4. The van der Waals surface area contributed by atoms with Gasteiger partial charge in [0, 0.05) is 18.5 Å². The number of carbonyl (C=O) groups excluding carboxylic acids is 2. The van der Waals surface area contributed by atoms with Crippen LogP contribution in [0.5, 0.6) is 0 Å². The molecule has 0 radical (unpaired) electrons. The smallest absolute Gasteiger partial charge is 0.407 e. The lowest BCUT2D eigenvalue weighted by atomic mass is 9.98. The van der Waals surface area contributed by atoms with E-state index in [1.807, 2.05) is 36.4 Å². The second-order valence-corrected chi connectivity index (χ2v) is 9.34. The number of fused-ring (bicyclic) bond motifs is 3. The highest BCUT2D eigenvalue weighted by Gasteiger charge is 2.29. The van der Waals surface area contributed by atoms with Crippen LogP contribution in [0.25, 0.3) is 11.1 Å². The molecule has 2 aromatic rings. The Hall–Kier alpha value is -3.55. The van der Waals surface area contributed by atoms with Gasteiger partial charge in [-0.15, -0.1) is 0 Å². The maximum absolute atomic E-state index is 12.5. The van der Waals surface area contributed by atoms with Gasteiger partial charge in [0.2, 0.25) is 0 Å². The predicted octanol–water partition coefficient (Wildman–Crippen LogP) is 4.67. The summed E-state index contributed by atoms with van der Waals surface area (Å²) in [7, 11) is 0. The van der Waals surface area contributed by atoms with Crippen LogP contribution in [0.3, 0.4) is 0 Å². The summed E-state index contributed by atoms with van der Waals surface area (Å²) >= 11 is 0. The second kappa shape index (κ2) is 11.0. The predicted molar refractivity (Wildman–Crippen MR) is 128 cm³/mol. The summed E-state index contributed by atoms with van der Waals surface area (Å²) in [4.78, 5) is 35.5. The third-order valence-electron chi connectivity index (χ3n) is 5.48. The molecule has 0 unspecified atom stereocenters. The number of carboxylic acids is 1. The van der Waals surface area contributed by atoms with Crippen LogP contribution in [-0.4, -0.2) is 48.1 Å². The van der Waals surface area contributed by atoms with Crippen molar-refractivity contribution in [1.82, 2.24) is 10.6 Å². The molecule has 3 N–H and O–H groups in total. The Balaban J connectivity index is 1.51. The first-order valence-corrected chi connectivity index (χ1v) is 11.4. The zero-order valence-corrected chi connectivity index (χ0v) is 19.8. The summed E-state index contributed by atoms with van der Waals surface area (Å²) in [6.07, 6.45) is -0.593. The highest BCUT2D eigenvalue weighted by Crippen LogP contribution is 2.44. The van der Waals surface area contributed by atoms with E-state index in [2.05, 4.69) is 22.8 Å². The molecule has 0 aliphatic heterocycles. The van der Waals surface area contributed by atoms with E-state index >= 15 is 0 Å². The quantitative estimate of drug-likeness (QED) is 0.461. The van der Waals surface area contributed by atoms with Crippen molar-refractivity contribution in [2.24, 2.45) is 0 Å². The van der Waals surface area contributed by atoms with Gasteiger partial charge in [-0.2, -0.15) is 0 Å². The van der Waals surface area contributed by atoms with Crippen molar-refractivity contribution in [2.75, 3.05) is 13.2 Å². The second-order valence-electron chi connectivity index (χ2n) is 9.34. The Morgan fingerprint density at radius 1 is 0.971 bits per heavy atom. The van der Waals surface area contributed by atoms with E-state index in [0.29, 0.717) is 19.4 Å². The molecule has 1 aliphatic carbocycles. The zero-order valence-electron chi connectivity index (χ0n) is 19.8. The van der Waals surface area contributed by atoms with Gasteiger partial charge >= 0.3 is 18.2 Å². The molecular weight excluding hydrogens is 436 g/mol. The fourth-order valence-corrected chi connectivity index (χ4v) is 4.10. The summed E-state index contributed by atoms with van der Waals surface area (Å²) in [5, 5.41) is 14.5. The first kappa shape index (κ1) is 25.1. The summed E-state index contributed by atoms with van der Waals surface area (Å²) in [5.41, 5.74) is 3.88. The van der Waals surface area contributed by atoms with Crippen LogP contribution >= 0.6 is 0 Å². The Labute approximate surface area is 199 Å². The van der Waals surface area contributed by atoms with Crippen LogP contribution in [0.4, 0.5) is 9.59 Å². The largest absolute Gasteiger partial charge is 0.481 e. The standard InChI is InChI=1S/C26H32N2O6/c1-26(2,3)34-24(31)27-14-8-9-17(15-23(29)30)28-25(32)33-16-22-20-12-6-4-10-18(20)19-11-5-7-13-21(19)22/h4-7,10-13,17,22H,8-9,14-16H2,1-3H3,(H,27,31)(H,28,32)(H,29,30)/t17-/m1/s1. The minimum absolute atomic E-state index is 0.0749. The van der Waals surface area contributed by atoms with Crippen LogP contribution in [0.15, 0.2) is 48.5 Å². The Bertz CT molecular complexity index is 984. The fraction of sp³-hybridized carbons (Fsp3) is 0.423. The molecule has 182 valence electrons. The minimum atomic E-state index is -1.02. The van der Waals surface area contributed by atoms with Crippen LogP contribution in [0.2, 0.25) is 0 Å². The van der Waals surface area contributed by atoms with E-state index in [1.165, 1.54) is 0 Å². The Morgan fingerprint density at radius 3 is 2.12 bits per heavy atom. The SMILES string of the molecule is CC(C)(C)OC(=O)NCCC[C@H](CC(=O)O)NC(=O)OCC1c2ccccc2-c2ccccc21. The van der Waals surface area contributed by atoms with Crippen molar-refractivity contribution in [3.05, 3.63) is 59.7 Å². The van der Waals surface area contributed by atoms with Crippen molar-refractivity contribution in [3.63, 3.8) is 0 Å². The number of hydrogen-bond donors (Lipinski definition) is 3. The van der Waals surface area contributed by atoms with Crippen molar-refractivity contribution in [2.45, 2.75) is 57.6 Å². The zero-order chi connectivity index (χ0) is 24.7. The lowest BCUT2D eigenvalue weighted by molar-refractivity contribution is -0.137. The monoisotopic (exact) mass is 468 g/mol. The van der Waals surface area contributed by atoms with E-state index in [9.17, 15) is 19.5 Å². The molecule has 0 spiro atoms. The number of carboxylic acid groups (broad SMARTS) is 1. The molecule has 34 heavy (non-hydrogen) atoms. The molecule has 0 fully saturated rings. The lowest BCUT2D eigenvalue weighted by Crippen LogP contribution is -2.38. The molecule has 1 atom stereocenters. The number of alkyl carbamates (subject to hydrolysis) is 2. The maximum atomic E-state index is 12.5. The molecule has 8 nitrogen and oxygen atoms in total. The van der Waals surface area contributed by atoms with Gasteiger partial charge < -0.3 is 25.2 Å². The molecule has 0 heterocycles. The first-order valence-electron chi connectivity index (χ1n) is 11.4. The van der Waals surface area contributed by atoms with E-state index < -0.39 is 29.8 Å². The van der Waals surface area contributed by atoms with Gasteiger partial charge in [-0.25, -0.2) is 9.59 Å². The van der Waals surface area contributed by atoms with E-state index in [4.69, 9.17) is 9.47 Å². The topological polar surface area (TPSA) is 114 Å². The molecule has 1 aliphatic rings. The number of amides is 2. The maximum Gasteiger partial charge on any atom is 0.407 e. The molecule has 2 aromatic carbocycles. The number of benzene rings is 2. The van der Waals surface area contributed by atoms with Crippen LogP contribution < -0.4 is 10.6 Å². The van der Waals surface area contributed by atoms with Crippen molar-refractivity contribution in [3.8, 4) is 11.1 Å². The highest BCUT2D eigenvalue weighted by atomic mass is 16.6. The van der Waals surface area contributed by atoms with Crippen molar-refractivity contribution >= 4 is 18.2 Å². The molecule has 0 saturated heterocycles. The average Bonchev–Trinajstić information content (AvgIpc) is 3.07. The summed E-state index contributed by atoms with van der Waals surface area (Å²) in [6, 6.07) is 15.5. The number of carbonyl (C=O) groups is 3. The molecule has 3 rings (SSSR count). The first-order chi connectivity index (χ1) is 16.1. The van der Waals surface area contributed by atoms with Gasteiger partial charge in [-0.05, 0) is 55.9 Å². The van der Waals surface area contributed by atoms with Crippen LogP contribution in [-0.2, 0) is 14.3 Å². The van der Waals surface area contributed by atoms with Gasteiger partial charge in [-0.3, -0.25) is 4.79 Å². The van der Waals surface area contributed by atoms with Crippen LogP contribution in [0.1, 0.15) is 57.1 Å². The van der Waals surface area contributed by atoms with E-state index in [0.717, 1.165) is 22.3 Å². The highest BCUT2D eigenvalue weighted by molar-refractivity contribution is 5.79. The molecular formula is C26H32N2O6. The average molecular weight is 469 g/mol. The number of ether oxygens (including phenoxy) is 2. The van der Waals surface area contributed by atoms with Gasteiger partial charge in [-0.1, -0.05) is 48.5 Å². The number of aliphatic carboxylic acids is 1. The molecule has 8 heteroatoms. The van der Waals surface area contributed by atoms with Crippen molar-refractivity contribution in [1.29, 1.82) is 0 Å². The molecule has 0 aromatic heterocycles. The summed E-state index contributed by atoms with van der Waals surface area (Å²) in [6.45, 7) is 5.77. The fourth-order valence-electron chi connectivity index (χ4n) is 4.10. The van der Waals surface area contributed by atoms with E-state index in [1.54, 1.807) is 20.8 Å². The van der Waals surface area contributed by atoms with Crippen molar-refractivity contribution < 1.29 is 29.0 Å². The number of hydrogen-bond acceptors (Lipinski definition) is 5. The Morgan fingerprint density at radius 2 is 1.56 bits per heavy atom. The van der Waals surface area contributed by atoms with Gasteiger partial charge in [0.15, 0.2) is 0 Å². The summed E-state index contributed by atoms with van der Waals surface area (Å²) < 4.78 is 10.7. The van der Waals surface area contributed by atoms with Gasteiger partial charge in [0.05, 0.1) is 6.42 Å². The molecule has 2 amide bonds. The van der Waals surface area contributed by atoms with Crippen LogP contribution in [0, 0.1) is 0 Å². The van der Waals surface area contributed by atoms with Gasteiger partial charge in [0.1, 0.15) is 12.2 Å². The third-order valence-corrected chi connectivity index (χ3v) is 5.48. The molecule has 0 saturated carbocycles. The lowest BCUT2D eigenvalue weighted by Gasteiger charge is -2.20. The van der Waals surface area contributed by atoms with Gasteiger partial charge in [0.25, 0.3) is 0 Å². The summed E-state index contributed by atoms with van der Waals surface area (Å²) in [5.74, 6) is -1.10.